The molecule has 0 aliphatic heterocycles. The van der Waals surface area contributed by atoms with Crippen molar-refractivity contribution in [2.45, 2.75) is 13.5 Å². The number of Topliss-reactive ketones (excluding diaryl/α,β-unsaturated/α-hetero) is 1. The minimum absolute atomic E-state index is 0. The molecule has 0 unspecified atom stereocenters. The largest absolute Gasteiger partial charge is 1.00 e. The highest BCUT2D eigenvalue weighted by atomic mass is 79.9. The Kier molecular flexibility index (Phi) is 5.51. The standard InChI is InChI=1S/C14H13ClNO.BrH/c1-11-7-8-16(14(15)9-11)10-13(17)12-5-3-2-4-6-12;/h2-9H,10H2,1H3;1H/q+1;/p-1. The zero-order valence-corrected chi connectivity index (χ0v) is 12.3. The smallest absolute Gasteiger partial charge is 0.275 e. The molecule has 0 saturated heterocycles. The lowest BCUT2D eigenvalue weighted by Gasteiger charge is -2.00. The Balaban J connectivity index is 0.00000162. The minimum Gasteiger partial charge on any atom is -1.00 e. The average molecular weight is 327 g/mol. The van der Waals surface area contributed by atoms with E-state index in [1.54, 1.807) is 4.57 Å². The Labute approximate surface area is 122 Å². The van der Waals surface area contributed by atoms with E-state index in [0.717, 1.165) is 5.56 Å². The third-order valence-corrected chi connectivity index (χ3v) is 2.87. The molecule has 94 valence electrons. The van der Waals surface area contributed by atoms with Crippen molar-refractivity contribution in [3.8, 4) is 0 Å². The summed E-state index contributed by atoms with van der Waals surface area (Å²) in [6.07, 6.45) is 1.83. The van der Waals surface area contributed by atoms with Gasteiger partial charge in [-0.3, -0.25) is 4.79 Å². The van der Waals surface area contributed by atoms with Gasteiger partial charge in [0.25, 0.3) is 5.15 Å². The first-order chi connectivity index (χ1) is 8.16. The number of ketones is 1. The van der Waals surface area contributed by atoms with Crippen molar-refractivity contribution in [3.05, 3.63) is 64.9 Å². The van der Waals surface area contributed by atoms with Crippen LogP contribution in [0.1, 0.15) is 15.9 Å². The van der Waals surface area contributed by atoms with E-state index in [0.29, 0.717) is 10.7 Å². The van der Waals surface area contributed by atoms with Gasteiger partial charge in [0.15, 0.2) is 6.20 Å². The number of aryl methyl sites for hydroxylation is 1. The highest BCUT2D eigenvalue weighted by Gasteiger charge is 2.14. The predicted molar refractivity (Wildman–Crippen MR) is 67.2 cm³/mol. The monoisotopic (exact) mass is 325 g/mol. The van der Waals surface area contributed by atoms with Gasteiger partial charge in [0.1, 0.15) is 0 Å². The van der Waals surface area contributed by atoms with Gasteiger partial charge >= 0.3 is 0 Å². The predicted octanol–water partition coefficient (Wildman–Crippen LogP) is -0.177. The zero-order chi connectivity index (χ0) is 12.3. The fraction of sp³-hybridized carbons (Fsp3) is 0.143. The van der Waals surface area contributed by atoms with Crippen LogP contribution in [0, 0.1) is 6.92 Å². The number of halogens is 2. The van der Waals surface area contributed by atoms with E-state index >= 15 is 0 Å². The normalized spacial score (nSPS) is 9.67. The Hall–Kier alpha value is -1.19. The highest BCUT2D eigenvalue weighted by molar-refractivity contribution is 6.28. The lowest BCUT2D eigenvalue weighted by Crippen LogP contribution is -3.00. The number of aromatic nitrogens is 1. The van der Waals surface area contributed by atoms with E-state index in [9.17, 15) is 4.79 Å². The Morgan fingerprint density at radius 2 is 1.89 bits per heavy atom. The van der Waals surface area contributed by atoms with Gasteiger partial charge in [-0.25, -0.2) is 0 Å². The second-order valence-electron chi connectivity index (χ2n) is 3.94. The molecule has 0 radical (unpaired) electrons. The summed E-state index contributed by atoms with van der Waals surface area (Å²) in [6, 6.07) is 13.0. The molecule has 0 fully saturated rings. The van der Waals surface area contributed by atoms with Crippen LogP contribution in [0.5, 0.6) is 0 Å². The molecule has 2 nitrogen and oxygen atoms in total. The van der Waals surface area contributed by atoms with Crippen LogP contribution in [0.2, 0.25) is 5.15 Å². The maximum absolute atomic E-state index is 12.0. The molecule has 0 saturated carbocycles. The van der Waals surface area contributed by atoms with E-state index in [2.05, 4.69) is 0 Å². The SMILES string of the molecule is Cc1cc[n+](CC(=O)c2ccccc2)c(Cl)c1.[Br-]. The molecule has 0 amide bonds. The summed E-state index contributed by atoms with van der Waals surface area (Å²) in [5, 5.41) is 0.578. The summed E-state index contributed by atoms with van der Waals surface area (Å²) in [5.41, 5.74) is 1.79. The third kappa shape index (κ3) is 3.65. The quantitative estimate of drug-likeness (QED) is 0.436. The molecular formula is C14H13BrClNO. The first kappa shape index (κ1) is 14.9. The molecule has 0 bridgehead atoms. The number of benzene rings is 1. The number of rotatable bonds is 3. The first-order valence-electron chi connectivity index (χ1n) is 5.40. The fourth-order valence-electron chi connectivity index (χ4n) is 1.60. The van der Waals surface area contributed by atoms with Gasteiger partial charge in [0.05, 0.1) is 0 Å². The number of carbonyl (C=O) groups excluding carboxylic acids is 1. The summed E-state index contributed by atoms with van der Waals surface area (Å²) < 4.78 is 1.74. The lowest BCUT2D eigenvalue weighted by atomic mass is 10.1. The second-order valence-corrected chi connectivity index (χ2v) is 4.33. The summed E-state index contributed by atoms with van der Waals surface area (Å²) in [7, 11) is 0. The van der Waals surface area contributed by atoms with E-state index in [1.165, 1.54) is 0 Å². The lowest BCUT2D eigenvalue weighted by molar-refractivity contribution is -0.681. The van der Waals surface area contributed by atoms with Gasteiger partial charge in [-0.05, 0) is 24.1 Å². The number of pyridine rings is 1. The van der Waals surface area contributed by atoms with Crippen molar-refractivity contribution in [2.75, 3.05) is 0 Å². The molecule has 2 rings (SSSR count). The number of hydrogen-bond acceptors (Lipinski definition) is 1. The zero-order valence-electron chi connectivity index (χ0n) is 9.94. The minimum atomic E-state index is 0. The van der Waals surface area contributed by atoms with E-state index in [-0.39, 0.29) is 29.3 Å². The fourth-order valence-corrected chi connectivity index (χ4v) is 1.88. The summed E-state index contributed by atoms with van der Waals surface area (Å²) in [5.74, 6) is 0.0568. The molecule has 4 heteroatoms. The average Bonchev–Trinajstić information content (AvgIpc) is 2.34. The van der Waals surface area contributed by atoms with E-state index < -0.39 is 0 Å². The van der Waals surface area contributed by atoms with Crippen molar-refractivity contribution < 1.29 is 26.3 Å². The highest BCUT2D eigenvalue weighted by Crippen LogP contribution is 2.06. The van der Waals surface area contributed by atoms with Gasteiger partial charge in [-0.2, -0.15) is 4.57 Å². The topological polar surface area (TPSA) is 20.9 Å². The maximum atomic E-state index is 12.0. The van der Waals surface area contributed by atoms with Gasteiger partial charge < -0.3 is 17.0 Å². The van der Waals surface area contributed by atoms with Gasteiger partial charge in [-0.1, -0.05) is 30.3 Å². The molecule has 0 N–H and O–H groups in total. The summed E-state index contributed by atoms with van der Waals surface area (Å²) in [6.45, 7) is 2.23. The van der Waals surface area contributed by atoms with Crippen molar-refractivity contribution in [3.63, 3.8) is 0 Å². The Morgan fingerprint density at radius 3 is 2.50 bits per heavy atom. The Morgan fingerprint density at radius 1 is 1.22 bits per heavy atom. The van der Waals surface area contributed by atoms with Crippen LogP contribution < -0.4 is 21.5 Å². The maximum Gasteiger partial charge on any atom is 0.275 e. The number of carbonyl (C=O) groups is 1. The molecule has 18 heavy (non-hydrogen) atoms. The van der Waals surface area contributed by atoms with Crippen LogP contribution in [0.3, 0.4) is 0 Å². The van der Waals surface area contributed by atoms with Crippen molar-refractivity contribution >= 4 is 17.4 Å². The molecule has 1 aromatic heterocycles. The van der Waals surface area contributed by atoms with Crippen LogP contribution in [0.15, 0.2) is 48.7 Å². The van der Waals surface area contributed by atoms with Crippen molar-refractivity contribution in [1.82, 2.24) is 0 Å². The number of nitrogens with zero attached hydrogens (tertiary/aromatic N) is 1. The van der Waals surface area contributed by atoms with Crippen LogP contribution >= 0.6 is 11.6 Å². The summed E-state index contributed by atoms with van der Waals surface area (Å²) in [4.78, 5) is 12.0. The molecule has 1 aromatic carbocycles. The second kappa shape index (κ2) is 6.66. The molecule has 0 aliphatic carbocycles. The number of hydrogen-bond donors (Lipinski definition) is 0. The van der Waals surface area contributed by atoms with Crippen LogP contribution in [-0.2, 0) is 6.54 Å². The molecule has 1 heterocycles. The van der Waals surface area contributed by atoms with Crippen molar-refractivity contribution in [1.29, 1.82) is 0 Å². The summed E-state index contributed by atoms with van der Waals surface area (Å²) >= 11 is 6.07. The van der Waals surface area contributed by atoms with Gasteiger partial charge in [-0.15, -0.1) is 0 Å². The van der Waals surface area contributed by atoms with Gasteiger partial charge in [0, 0.05) is 17.7 Å². The van der Waals surface area contributed by atoms with Crippen LogP contribution in [0.4, 0.5) is 0 Å². The van der Waals surface area contributed by atoms with Crippen molar-refractivity contribution in [2.24, 2.45) is 0 Å². The molecule has 0 spiro atoms. The molecule has 0 atom stereocenters. The Bertz CT molecular complexity index is 543. The van der Waals surface area contributed by atoms with E-state index in [4.69, 9.17) is 11.6 Å². The molecule has 2 aromatic rings. The molecule has 0 aliphatic rings. The van der Waals surface area contributed by atoms with Gasteiger partial charge in [0.2, 0.25) is 12.3 Å². The first-order valence-corrected chi connectivity index (χ1v) is 5.78. The third-order valence-electron chi connectivity index (χ3n) is 2.55. The molecular weight excluding hydrogens is 314 g/mol. The van der Waals surface area contributed by atoms with Crippen LogP contribution in [-0.4, -0.2) is 5.78 Å². The van der Waals surface area contributed by atoms with Crippen LogP contribution in [0.25, 0.3) is 0 Å². The van der Waals surface area contributed by atoms with E-state index in [1.807, 2.05) is 55.6 Å².